The van der Waals surface area contributed by atoms with Gasteiger partial charge in [0.25, 0.3) is 5.95 Å². The van der Waals surface area contributed by atoms with E-state index in [4.69, 9.17) is 15.2 Å². The molecule has 0 saturated carbocycles. The van der Waals surface area contributed by atoms with Crippen LogP contribution in [-0.4, -0.2) is 30.5 Å². The molecule has 6 nitrogen and oxygen atoms in total. The standard InChI is InChI=1S/C7H10N4O2/c1-12-5-3-6(13-2)11-7(10-5)9-4-8/h3-4H,1-2H3,(H2,8,9,10,11). The van der Waals surface area contributed by atoms with E-state index in [0.29, 0.717) is 11.8 Å². The highest BCUT2D eigenvalue weighted by molar-refractivity contribution is 5.55. The van der Waals surface area contributed by atoms with Crippen LogP contribution in [0.15, 0.2) is 11.1 Å². The molecule has 1 rings (SSSR count). The van der Waals surface area contributed by atoms with E-state index < -0.39 is 0 Å². The molecule has 0 fully saturated rings. The van der Waals surface area contributed by atoms with Crippen LogP contribution in [0.4, 0.5) is 5.95 Å². The first kappa shape index (κ1) is 9.24. The van der Waals surface area contributed by atoms with E-state index in [2.05, 4.69) is 15.0 Å². The van der Waals surface area contributed by atoms with Gasteiger partial charge in [-0.2, -0.15) is 9.97 Å². The first-order valence-corrected chi connectivity index (χ1v) is 3.51. The lowest BCUT2D eigenvalue weighted by Crippen LogP contribution is -1.95. The van der Waals surface area contributed by atoms with Crippen molar-refractivity contribution in [1.82, 2.24) is 9.97 Å². The lowest BCUT2D eigenvalue weighted by molar-refractivity contribution is 0.372. The maximum atomic E-state index is 5.09. The minimum Gasteiger partial charge on any atom is -0.481 e. The van der Waals surface area contributed by atoms with Gasteiger partial charge in [0, 0.05) is 0 Å². The summed E-state index contributed by atoms with van der Waals surface area (Å²) in [5.41, 5.74) is 5.09. The molecule has 0 spiro atoms. The van der Waals surface area contributed by atoms with Gasteiger partial charge in [0.1, 0.15) is 0 Å². The van der Waals surface area contributed by atoms with Crippen molar-refractivity contribution in [3.8, 4) is 11.8 Å². The van der Waals surface area contributed by atoms with Gasteiger partial charge in [-0.05, 0) is 0 Å². The lowest BCUT2D eigenvalue weighted by atomic mass is 10.6. The van der Waals surface area contributed by atoms with Crippen LogP contribution in [0.2, 0.25) is 0 Å². The summed E-state index contributed by atoms with van der Waals surface area (Å²) >= 11 is 0. The predicted octanol–water partition coefficient (Wildman–Crippen LogP) is 0.112. The van der Waals surface area contributed by atoms with E-state index in [-0.39, 0.29) is 5.95 Å². The van der Waals surface area contributed by atoms with E-state index >= 15 is 0 Å². The van der Waals surface area contributed by atoms with Gasteiger partial charge in [-0.25, -0.2) is 4.99 Å². The van der Waals surface area contributed by atoms with Crippen molar-refractivity contribution in [1.29, 1.82) is 0 Å². The summed E-state index contributed by atoms with van der Waals surface area (Å²) < 4.78 is 9.80. The zero-order valence-corrected chi connectivity index (χ0v) is 7.39. The molecular formula is C7H10N4O2. The van der Waals surface area contributed by atoms with Crippen LogP contribution in [0, 0.1) is 0 Å². The van der Waals surface area contributed by atoms with Crippen molar-refractivity contribution in [2.24, 2.45) is 10.7 Å². The maximum absolute atomic E-state index is 5.09. The Balaban J connectivity index is 3.07. The second kappa shape index (κ2) is 4.24. The van der Waals surface area contributed by atoms with Gasteiger partial charge < -0.3 is 15.2 Å². The summed E-state index contributed by atoms with van der Waals surface area (Å²) in [4.78, 5) is 11.5. The Morgan fingerprint density at radius 2 is 1.85 bits per heavy atom. The SMILES string of the molecule is COc1cc(OC)nc(N=CN)n1. The average molecular weight is 182 g/mol. The molecule has 1 heterocycles. The molecule has 0 amide bonds. The molecule has 0 aromatic carbocycles. The van der Waals surface area contributed by atoms with Gasteiger partial charge in [-0.3, -0.25) is 0 Å². The maximum Gasteiger partial charge on any atom is 0.257 e. The van der Waals surface area contributed by atoms with Crippen molar-refractivity contribution in [3.63, 3.8) is 0 Å². The molecular weight excluding hydrogens is 172 g/mol. The molecule has 1 aromatic rings. The summed E-state index contributed by atoms with van der Waals surface area (Å²) in [6.07, 6.45) is 1.11. The van der Waals surface area contributed by atoms with Crippen molar-refractivity contribution in [2.75, 3.05) is 14.2 Å². The fourth-order valence-corrected chi connectivity index (χ4v) is 0.726. The molecule has 0 aliphatic rings. The lowest BCUT2D eigenvalue weighted by Gasteiger charge is -2.02. The van der Waals surface area contributed by atoms with E-state index in [1.54, 1.807) is 6.07 Å². The number of rotatable bonds is 3. The van der Waals surface area contributed by atoms with Crippen molar-refractivity contribution in [3.05, 3.63) is 6.07 Å². The van der Waals surface area contributed by atoms with Gasteiger partial charge in [0.15, 0.2) is 0 Å². The van der Waals surface area contributed by atoms with Gasteiger partial charge in [0.2, 0.25) is 11.8 Å². The Morgan fingerprint density at radius 1 is 1.31 bits per heavy atom. The average Bonchev–Trinajstić information content (AvgIpc) is 2.17. The molecule has 0 bridgehead atoms. The Morgan fingerprint density at radius 3 is 2.23 bits per heavy atom. The van der Waals surface area contributed by atoms with Gasteiger partial charge in [0.05, 0.1) is 26.6 Å². The third-order valence-corrected chi connectivity index (χ3v) is 1.28. The molecule has 0 saturated heterocycles. The highest BCUT2D eigenvalue weighted by atomic mass is 16.5. The monoisotopic (exact) mass is 182 g/mol. The Kier molecular flexibility index (Phi) is 3.02. The second-order valence-electron chi connectivity index (χ2n) is 2.03. The number of aromatic nitrogens is 2. The van der Waals surface area contributed by atoms with Gasteiger partial charge >= 0.3 is 0 Å². The van der Waals surface area contributed by atoms with Crippen LogP contribution < -0.4 is 15.2 Å². The number of hydrogen-bond donors (Lipinski definition) is 1. The molecule has 0 aliphatic carbocycles. The second-order valence-corrected chi connectivity index (χ2v) is 2.03. The first-order valence-electron chi connectivity index (χ1n) is 3.51. The topological polar surface area (TPSA) is 82.6 Å². The van der Waals surface area contributed by atoms with E-state index in [1.165, 1.54) is 14.2 Å². The van der Waals surface area contributed by atoms with Gasteiger partial charge in [-0.1, -0.05) is 0 Å². The summed E-state index contributed by atoms with van der Waals surface area (Å²) in [5, 5.41) is 0. The normalized spacial score (nSPS) is 10.3. The first-order chi connectivity index (χ1) is 6.30. The summed E-state index contributed by atoms with van der Waals surface area (Å²) in [7, 11) is 3.00. The number of methoxy groups -OCH3 is 2. The number of nitrogens with zero attached hydrogens (tertiary/aromatic N) is 3. The molecule has 0 unspecified atom stereocenters. The van der Waals surface area contributed by atoms with Gasteiger partial charge in [-0.15, -0.1) is 0 Å². The van der Waals surface area contributed by atoms with Crippen molar-refractivity contribution >= 4 is 12.3 Å². The quantitative estimate of drug-likeness (QED) is 0.530. The van der Waals surface area contributed by atoms with E-state index in [0.717, 1.165) is 6.34 Å². The predicted molar refractivity (Wildman–Crippen MR) is 47.5 cm³/mol. The van der Waals surface area contributed by atoms with Crippen molar-refractivity contribution in [2.45, 2.75) is 0 Å². The summed E-state index contributed by atoms with van der Waals surface area (Å²) in [6, 6.07) is 1.55. The highest BCUT2D eigenvalue weighted by Crippen LogP contribution is 2.18. The van der Waals surface area contributed by atoms with E-state index in [1.807, 2.05) is 0 Å². The van der Waals surface area contributed by atoms with Crippen LogP contribution in [0.25, 0.3) is 0 Å². The zero-order valence-electron chi connectivity index (χ0n) is 7.39. The van der Waals surface area contributed by atoms with E-state index in [9.17, 15) is 0 Å². The summed E-state index contributed by atoms with van der Waals surface area (Å²) in [5.74, 6) is 0.971. The number of nitrogens with two attached hydrogens (primary N) is 1. The van der Waals surface area contributed by atoms with Crippen molar-refractivity contribution < 1.29 is 9.47 Å². The molecule has 6 heteroatoms. The number of hydrogen-bond acceptors (Lipinski definition) is 5. The van der Waals surface area contributed by atoms with Crippen LogP contribution >= 0.6 is 0 Å². The third kappa shape index (κ3) is 2.29. The molecule has 70 valence electrons. The molecule has 13 heavy (non-hydrogen) atoms. The third-order valence-electron chi connectivity index (χ3n) is 1.28. The van der Waals surface area contributed by atoms with Crippen LogP contribution in [-0.2, 0) is 0 Å². The minimum atomic E-state index is 0.207. The molecule has 0 aliphatic heterocycles. The Labute approximate surface area is 75.4 Å². The van der Waals surface area contributed by atoms with Crippen LogP contribution in [0.3, 0.4) is 0 Å². The molecule has 0 radical (unpaired) electrons. The van der Waals surface area contributed by atoms with Crippen LogP contribution in [0.1, 0.15) is 0 Å². The minimum absolute atomic E-state index is 0.207. The molecule has 1 aromatic heterocycles. The summed E-state index contributed by atoms with van der Waals surface area (Å²) in [6.45, 7) is 0. The smallest absolute Gasteiger partial charge is 0.257 e. The fraction of sp³-hybridized carbons (Fsp3) is 0.286. The number of aliphatic imine (C=N–C) groups is 1. The highest BCUT2D eigenvalue weighted by Gasteiger charge is 2.02. The van der Waals surface area contributed by atoms with Crippen LogP contribution in [0.5, 0.6) is 11.8 Å². The molecule has 0 atom stereocenters. The Hall–Kier alpha value is -1.85. The number of ether oxygens (including phenoxy) is 2. The zero-order chi connectivity index (χ0) is 9.68. The molecule has 2 N–H and O–H groups in total. The largest absolute Gasteiger partial charge is 0.481 e. The fourth-order valence-electron chi connectivity index (χ4n) is 0.726. The Bertz CT molecular complexity index is 291.